The standard InChI is InChI=1S/C18H20ClN5O4S/c1-8-2-3-9(29-8)5-21-15-10(19)4-11-16(23-15)24-17(22-11)28-12-6-27-18(20)13(25)7-26-14(12)18/h2-4,12-14,25H,5-7,20H2,1H3,(H2,21,22,23,24)/t12-,13-,14-,18-/m1/s1. The van der Waals surface area contributed by atoms with E-state index < -0.39 is 24.0 Å². The van der Waals surface area contributed by atoms with Crippen molar-refractivity contribution in [3.05, 3.63) is 33.0 Å². The molecule has 2 aliphatic rings. The van der Waals surface area contributed by atoms with Crippen LogP contribution in [0.25, 0.3) is 11.2 Å². The lowest BCUT2D eigenvalue weighted by Gasteiger charge is -2.24. The van der Waals surface area contributed by atoms with Crippen LogP contribution in [0, 0.1) is 6.92 Å². The van der Waals surface area contributed by atoms with E-state index in [0.29, 0.717) is 28.5 Å². The molecule has 4 atom stereocenters. The number of fused-ring (bicyclic) bond motifs is 2. The summed E-state index contributed by atoms with van der Waals surface area (Å²) in [6, 6.07) is 6.16. The first-order valence-corrected chi connectivity index (χ1v) is 10.4. The third-order valence-electron chi connectivity index (χ3n) is 5.13. The maximum atomic E-state index is 9.97. The van der Waals surface area contributed by atoms with Crippen LogP contribution in [0.4, 0.5) is 5.82 Å². The summed E-state index contributed by atoms with van der Waals surface area (Å²) in [5, 5.41) is 13.7. The predicted molar refractivity (Wildman–Crippen MR) is 108 cm³/mol. The van der Waals surface area contributed by atoms with E-state index >= 15 is 0 Å². The van der Waals surface area contributed by atoms with Crippen molar-refractivity contribution in [2.45, 2.75) is 37.5 Å². The van der Waals surface area contributed by atoms with Gasteiger partial charge in [0, 0.05) is 9.75 Å². The normalized spacial score (nSPS) is 28.8. The summed E-state index contributed by atoms with van der Waals surface area (Å²) in [6.45, 7) is 3.00. The number of pyridine rings is 1. The van der Waals surface area contributed by atoms with Gasteiger partial charge < -0.3 is 29.6 Å². The van der Waals surface area contributed by atoms with Crippen LogP contribution in [0.5, 0.6) is 6.01 Å². The summed E-state index contributed by atoms with van der Waals surface area (Å²) in [4.78, 5) is 14.4. The minimum Gasteiger partial charge on any atom is -0.456 e. The number of nitrogens with one attached hydrogen (secondary N) is 2. The molecule has 3 aromatic heterocycles. The molecule has 5 rings (SSSR count). The van der Waals surface area contributed by atoms with Gasteiger partial charge in [0.1, 0.15) is 18.0 Å². The Kier molecular flexibility index (Phi) is 4.65. The van der Waals surface area contributed by atoms with E-state index in [1.54, 1.807) is 17.4 Å². The molecule has 0 saturated carbocycles. The van der Waals surface area contributed by atoms with Crippen LogP contribution in [-0.2, 0) is 16.0 Å². The van der Waals surface area contributed by atoms with Gasteiger partial charge in [-0.1, -0.05) is 11.6 Å². The van der Waals surface area contributed by atoms with Crippen LogP contribution < -0.4 is 15.8 Å². The number of ether oxygens (including phenoxy) is 3. The van der Waals surface area contributed by atoms with Gasteiger partial charge in [-0.15, -0.1) is 11.3 Å². The Bertz CT molecular complexity index is 1060. The smallest absolute Gasteiger partial charge is 0.296 e. The molecule has 2 aliphatic heterocycles. The van der Waals surface area contributed by atoms with Crippen LogP contribution in [0.3, 0.4) is 0 Å². The van der Waals surface area contributed by atoms with Crippen molar-refractivity contribution in [2.75, 3.05) is 18.5 Å². The number of hydrogen-bond donors (Lipinski definition) is 4. The van der Waals surface area contributed by atoms with Crippen LogP contribution in [0.2, 0.25) is 5.02 Å². The van der Waals surface area contributed by atoms with E-state index in [1.807, 2.05) is 0 Å². The summed E-state index contributed by atoms with van der Waals surface area (Å²) < 4.78 is 17.0. The molecule has 0 amide bonds. The van der Waals surface area contributed by atoms with Gasteiger partial charge in [-0.2, -0.15) is 4.98 Å². The third kappa shape index (κ3) is 3.35. The quantitative estimate of drug-likeness (QED) is 0.475. The molecule has 0 aliphatic carbocycles. The highest BCUT2D eigenvalue weighted by molar-refractivity contribution is 7.11. The number of hydrogen-bond acceptors (Lipinski definition) is 9. The maximum absolute atomic E-state index is 9.97. The Balaban J connectivity index is 1.33. The van der Waals surface area contributed by atoms with E-state index in [2.05, 4.69) is 39.3 Å². The van der Waals surface area contributed by atoms with Crippen molar-refractivity contribution < 1.29 is 19.3 Å². The van der Waals surface area contributed by atoms with Crippen molar-refractivity contribution in [1.29, 1.82) is 0 Å². The minimum absolute atomic E-state index is 0.108. The molecule has 29 heavy (non-hydrogen) atoms. The average Bonchev–Trinajstić information content (AvgIpc) is 3.41. The summed E-state index contributed by atoms with van der Waals surface area (Å²) in [7, 11) is 0. The molecule has 0 radical (unpaired) electrons. The Morgan fingerprint density at radius 1 is 1.45 bits per heavy atom. The number of aromatic amines is 1. The third-order valence-corrected chi connectivity index (χ3v) is 6.42. The van der Waals surface area contributed by atoms with Crippen molar-refractivity contribution in [3.8, 4) is 6.01 Å². The number of aromatic nitrogens is 3. The monoisotopic (exact) mass is 437 g/mol. The number of aliphatic hydroxyl groups excluding tert-OH is 1. The predicted octanol–water partition coefficient (Wildman–Crippen LogP) is 1.79. The van der Waals surface area contributed by atoms with E-state index in [0.717, 1.165) is 0 Å². The number of rotatable bonds is 5. The van der Waals surface area contributed by atoms with Gasteiger partial charge in [-0.05, 0) is 25.1 Å². The van der Waals surface area contributed by atoms with Gasteiger partial charge in [-0.3, -0.25) is 5.73 Å². The number of H-pyrrole nitrogens is 1. The summed E-state index contributed by atoms with van der Waals surface area (Å²) >= 11 is 8.09. The molecule has 5 N–H and O–H groups in total. The van der Waals surface area contributed by atoms with E-state index in [1.165, 1.54) is 9.75 Å². The van der Waals surface area contributed by atoms with Gasteiger partial charge in [0.2, 0.25) is 0 Å². The number of anilines is 1. The molecule has 11 heteroatoms. The van der Waals surface area contributed by atoms with E-state index in [-0.39, 0.29) is 19.2 Å². The zero-order chi connectivity index (χ0) is 20.2. The van der Waals surface area contributed by atoms with Gasteiger partial charge in [-0.25, -0.2) is 4.98 Å². The topological polar surface area (TPSA) is 128 Å². The Morgan fingerprint density at radius 3 is 3.10 bits per heavy atom. The van der Waals surface area contributed by atoms with Crippen LogP contribution >= 0.6 is 22.9 Å². The fourth-order valence-electron chi connectivity index (χ4n) is 3.60. The summed E-state index contributed by atoms with van der Waals surface area (Å²) in [5.74, 6) is 0.552. The second-order valence-electron chi connectivity index (χ2n) is 7.19. The van der Waals surface area contributed by atoms with Crippen molar-refractivity contribution in [1.82, 2.24) is 15.0 Å². The second kappa shape index (κ2) is 7.08. The van der Waals surface area contributed by atoms with Crippen LogP contribution in [0.1, 0.15) is 9.75 Å². The maximum Gasteiger partial charge on any atom is 0.296 e. The second-order valence-corrected chi connectivity index (χ2v) is 8.97. The minimum atomic E-state index is -1.25. The van der Waals surface area contributed by atoms with E-state index in [4.69, 9.17) is 31.5 Å². The molecular weight excluding hydrogens is 418 g/mol. The van der Waals surface area contributed by atoms with Crippen molar-refractivity contribution in [2.24, 2.45) is 5.73 Å². The van der Waals surface area contributed by atoms with Gasteiger partial charge in [0.15, 0.2) is 17.5 Å². The SMILES string of the molecule is Cc1ccc(CNc2nc3nc(O[C@@H]4CO[C@]5(N)[C@H](O)CO[C@H]45)[nH]c3cc2Cl)s1. The fourth-order valence-corrected chi connectivity index (χ4v) is 4.65. The lowest BCUT2D eigenvalue weighted by atomic mass is 10.0. The first-order chi connectivity index (χ1) is 13.9. The molecule has 5 heterocycles. The zero-order valence-corrected chi connectivity index (χ0v) is 17.1. The lowest BCUT2D eigenvalue weighted by Crippen LogP contribution is -2.55. The molecule has 2 saturated heterocycles. The molecule has 2 fully saturated rings. The first-order valence-electron chi connectivity index (χ1n) is 9.17. The summed E-state index contributed by atoms with van der Waals surface area (Å²) in [6.07, 6.45) is -1.96. The molecule has 3 aromatic rings. The number of aryl methyl sites for hydroxylation is 1. The lowest BCUT2D eigenvalue weighted by molar-refractivity contribution is -0.0715. The van der Waals surface area contributed by atoms with Gasteiger partial charge >= 0.3 is 0 Å². The Morgan fingerprint density at radius 2 is 2.31 bits per heavy atom. The molecule has 154 valence electrons. The fraction of sp³-hybridized carbons (Fsp3) is 0.444. The number of imidazole rings is 1. The molecule has 0 bridgehead atoms. The molecule has 0 unspecified atom stereocenters. The number of aliphatic hydroxyl groups is 1. The van der Waals surface area contributed by atoms with Gasteiger partial charge in [0.05, 0.1) is 30.3 Å². The number of nitrogens with zero attached hydrogens (tertiary/aromatic N) is 2. The molecular formula is C18H20ClN5O4S. The average molecular weight is 438 g/mol. The Labute approximate surface area is 175 Å². The summed E-state index contributed by atoms with van der Waals surface area (Å²) in [5.41, 5.74) is 5.97. The van der Waals surface area contributed by atoms with Crippen molar-refractivity contribution >= 4 is 39.9 Å². The molecule has 0 spiro atoms. The van der Waals surface area contributed by atoms with Crippen LogP contribution in [-0.4, -0.2) is 57.3 Å². The first kappa shape index (κ1) is 19.0. The zero-order valence-electron chi connectivity index (χ0n) is 15.5. The number of thiophene rings is 1. The van der Waals surface area contributed by atoms with E-state index in [9.17, 15) is 5.11 Å². The number of nitrogens with two attached hydrogens (primary N) is 1. The highest BCUT2D eigenvalue weighted by atomic mass is 35.5. The highest BCUT2D eigenvalue weighted by Crippen LogP contribution is 2.35. The molecule has 0 aromatic carbocycles. The van der Waals surface area contributed by atoms with Crippen LogP contribution in [0.15, 0.2) is 18.2 Å². The van der Waals surface area contributed by atoms with Gasteiger partial charge in [0.25, 0.3) is 6.01 Å². The Hall–Kier alpha value is -1.95. The molecule has 9 nitrogen and oxygen atoms in total. The highest BCUT2D eigenvalue weighted by Gasteiger charge is 2.58. The number of halogens is 1. The van der Waals surface area contributed by atoms with Crippen molar-refractivity contribution in [3.63, 3.8) is 0 Å². The largest absolute Gasteiger partial charge is 0.456 e.